The van der Waals surface area contributed by atoms with E-state index < -0.39 is 0 Å². The van der Waals surface area contributed by atoms with Crippen LogP contribution in [0.5, 0.6) is 5.75 Å². The number of ether oxygens (including phenoxy) is 2. The van der Waals surface area contributed by atoms with Crippen LogP contribution in [0.25, 0.3) is 0 Å². The van der Waals surface area contributed by atoms with E-state index in [0.29, 0.717) is 39.8 Å². The van der Waals surface area contributed by atoms with Crippen molar-refractivity contribution in [2.75, 3.05) is 56.0 Å². The molecular formula is C24H25BrN6O3. The Morgan fingerprint density at radius 3 is 2.74 bits per heavy atom. The molecule has 0 aliphatic carbocycles. The van der Waals surface area contributed by atoms with Gasteiger partial charge in [-0.15, -0.1) is 0 Å². The molecule has 0 saturated carbocycles. The molecule has 1 fully saturated rings. The van der Waals surface area contributed by atoms with Crippen LogP contribution < -0.4 is 20.3 Å². The maximum Gasteiger partial charge on any atom is 0.256 e. The molecule has 2 aliphatic rings. The number of nitrogens with one attached hydrogen (secondary N) is 2. The van der Waals surface area contributed by atoms with E-state index in [2.05, 4.69) is 41.4 Å². The largest absolute Gasteiger partial charge is 0.494 e. The Labute approximate surface area is 206 Å². The van der Waals surface area contributed by atoms with Crippen molar-refractivity contribution in [2.24, 2.45) is 0 Å². The second-order valence-electron chi connectivity index (χ2n) is 8.13. The molecule has 10 heteroatoms. The summed E-state index contributed by atoms with van der Waals surface area (Å²) in [5.74, 6) is 1.64. The molecule has 2 aromatic carbocycles. The number of amides is 1. The van der Waals surface area contributed by atoms with E-state index in [1.807, 2.05) is 36.4 Å². The van der Waals surface area contributed by atoms with Crippen LogP contribution in [-0.2, 0) is 11.3 Å². The van der Waals surface area contributed by atoms with Gasteiger partial charge in [0, 0.05) is 44.6 Å². The molecule has 1 aromatic heterocycles. The van der Waals surface area contributed by atoms with Crippen molar-refractivity contribution in [3.05, 3.63) is 58.2 Å². The third-order valence-corrected chi connectivity index (χ3v) is 6.50. The lowest BCUT2D eigenvalue weighted by atomic mass is 10.1. The standard InChI is InChI=1S/C24H25BrN6O3/c1-30-14-15-4-3-5-19(21(15)23(30)32)27-22-17(25)13-26-24(29-22)28-18-7-6-16(12-20(18)33-2)31-8-10-34-11-9-31/h3-7,12-13H,8-11,14H2,1-2H3,(H2,26,27,28,29). The second-order valence-corrected chi connectivity index (χ2v) is 8.98. The minimum Gasteiger partial charge on any atom is -0.494 e. The molecule has 2 N–H and O–H groups in total. The highest BCUT2D eigenvalue weighted by molar-refractivity contribution is 9.10. The smallest absolute Gasteiger partial charge is 0.256 e. The lowest BCUT2D eigenvalue weighted by molar-refractivity contribution is 0.0817. The fraction of sp³-hybridized carbons (Fsp3) is 0.292. The highest BCUT2D eigenvalue weighted by Crippen LogP contribution is 2.34. The number of methoxy groups -OCH3 is 1. The summed E-state index contributed by atoms with van der Waals surface area (Å²) in [6, 6.07) is 11.8. The van der Waals surface area contributed by atoms with E-state index in [1.54, 1.807) is 25.3 Å². The Bertz CT molecular complexity index is 1230. The van der Waals surface area contributed by atoms with Gasteiger partial charge in [-0.1, -0.05) is 12.1 Å². The maximum atomic E-state index is 12.6. The quantitative estimate of drug-likeness (QED) is 0.496. The van der Waals surface area contributed by atoms with Crippen LogP contribution in [0.2, 0.25) is 0 Å². The Morgan fingerprint density at radius 2 is 1.94 bits per heavy atom. The molecule has 3 heterocycles. The molecule has 9 nitrogen and oxygen atoms in total. The number of rotatable bonds is 6. The Morgan fingerprint density at radius 1 is 1.12 bits per heavy atom. The summed E-state index contributed by atoms with van der Waals surface area (Å²) in [6.45, 7) is 3.74. The van der Waals surface area contributed by atoms with Crippen LogP contribution in [0, 0.1) is 0 Å². The van der Waals surface area contributed by atoms with Gasteiger partial charge in [0.1, 0.15) is 11.6 Å². The molecule has 0 spiro atoms. The molecule has 176 valence electrons. The number of carbonyl (C=O) groups excluding carboxylic acids is 1. The van der Waals surface area contributed by atoms with Gasteiger partial charge in [0.2, 0.25) is 5.95 Å². The summed E-state index contributed by atoms with van der Waals surface area (Å²) in [5, 5.41) is 6.54. The SMILES string of the molecule is COc1cc(N2CCOCC2)ccc1Nc1ncc(Br)c(Nc2cccc3c2C(=O)N(C)C3)n1. The molecule has 2 aliphatic heterocycles. The molecule has 1 amide bonds. The molecule has 3 aromatic rings. The van der Waals surface area contributed by atoms with Gasteiger partial charge in [0.25, 0.3) is 5.91 Å². The van der Waals surface area contributed by atoms with Crippen molar-refractivity contribution in [1.29, 1.82) is 0 Å². The van der Waals surface area contributed by atoms with Gasteiger partial charge in [-0.3, -0.25) is 4.79 Å². The van der Waals surface area contributed by atoms with E-state index in [0.717, 1.165) is 43.2 Å². The van der Waals surface area contributed by atoms with Crippen LogP contribution in [0.3, 0.4) is 0 Å². The third-order valence-electron chi connectivity index (χ3n) is 5.92. The van der Waals surface area contributed by atoms with Crippen molar-refractivity contribution in [1.82, 2.24) is 14.9 Å². The summed E-state index contributed by atoms with van der Waals surface area (Å²) in [7, 11) is 3.44. The van der Waals surface area contributed by atoms with Crippen LogP contribution in [0.1, 0.15) is 15.9 Å². The number of nitrogens with zero attached hydrogens (tertiary/aromatic N) is 4. The summed E-state index contributed by atoms with van der Waals surface area (Å²) < 4.78 is 11.8. The predicted molar refractivity (Wildman–Crippen MR) is 135 cm³/mol. The summed E-state index contributed by atoms with van der Waals surface area (Å²) in [6.07, 6.45) is 1.67. The van der Waals surface area contributed by atoms with Crippen molar-refractivity contribution in [3.8, 4) is 5.75 Å². The predicted octanol–water partition coefficient (Wildman–Crippen LogP) is 4.16. The number of hydrogen-bond acceptors (Lipinski definition) is 8. The zero-order chi connectivity index (χ0) is 23.7. The highest BCUT2D eigenvalue weighted by Gasteiger charge is 2.27. The molecule has 5 rings (SSSR count). The number of morpholine rings is 1. The van der Waals surface area contributed by atoms with E-state index >= 15 is 0 Å². The van der Waals surface area contributed by atoms with Crippen LogP contribution >= 0.6 is 15.9 Å². The Kier molecular flexibility index (Phi) is 6.25. The van der Waals surface area contributed by atoms with E-state index in [9.17, 15) is 4.79 Å². The van der Waals surface area contributed by atoms with Crippen molar-refractivity contribution in [3.63, 3.8) is 0 Å². The minimum atomic E-state index is -0.00767. The van der Waals surface area contributed by atoms with Gasteiger partial charge in [0.05, 0.1) is 41.7 Å². The highest BCUT2D eigenvalue weighted by atomic mass is 79.9. The maximum absolute atomic E-state index is 12.6. The minimum absolute atomic E-state index is 0.00767. The number of carbonyl (C=O) groups is 1. The number of aromatic nitrogens is 2. The zero-order valence-corrected chi connectivity index (χ0v) is 20.6. The molecule has 34 heavy (non-hydrogen) atoms. The Hall–Kier alpha value is -3.37. The second kappa shape index (κ2) is 9.47. The van der Waals surface area contributed by atoms with Gasteiger partial charge in [-0.2, -0.15) is 4.98 Å². The molecule has 1 saturated heterocycles. The van der Waals surface area contributed by atoms with Gasteiger partial charge in [-0.05, 0) is 39.7 Å². The Balaban J connectivity index is 1.39. The van der Waals surface area contributed by atoms with Crippen LogP contribution in [0.4, 0.5) is 28.8 Å². The first kappa shape index (κ1) is 22.4. The van der Waals surface area contributed by atoms with Crippen molar-refractivity contribution >= 4 is 50.7 Å². The molecule has 0 unspecified atom stereocenters. The first-order chi connectivity index (χ1) is 16.5. The summed E-state index contributed by atoms with van der Waals surface area (Å²) in [4.78, 5) is 25.6. The summed E-state index contributed by atoms with van der Waals surface area (Å²) >= 11 is 3.51. The molecule has 0 bridgehead atoms. The first-order valence-electron chi connectivity index (χ1n) is 11.0. The normalized spacial score (nSPS) is 15.3. The van der Waals surface area contributed by atoms with Crippen LogP contribution in [-0.4, -0.2) is 61.2 Å². The fourth-order valence-corrected chi connectivity index (χ4v) is 4.46. The van der Waals surface area contributed by atoms with Gasteiger partial charge in [0.15, 0.2) is 0 Å². The van der Waals surface area contributed by atoms with Crippen molar-refractivity contribution in [2.45, 2.75) is 6.54 Å². The number of benzene rings is 2. The van der Waals surface area contributed by atoms with E-state index in [4.69, 9.17) is 9.47 Å². The van der Waals surface area contributed by atoms with Crippen molar-refractivity contribution < 1.29 is 14.3 Å². The van der Waals surface area contributed by atoms with Gasteiger partial charge < -0.3 is 29.9 Å². The lowest BCUT2D eigenvalue weighted by Gasteiger charge is -2.29. The van der Waals surface area contributed by atoms with Gasteiger partial charge in [-0.25, -0.2) is 4.98 Å². The average Bonchev–Trinajstić information content (AvgIpc) is 3.16. The molecule has 0 atom stereocenters. The number of fused-ring (bicyclic) bond motifs is 1. The lowest BCUT2D eigenvalue weighted by Crippen LogP contribution is -2.36. The fourth-order valence-electron chi connectivity index (χ4n) is 4.17. The number of anilines is 5. The average molecular weight is 525 g/mol. The van der Waals surface area contributed by atoms with E-state index in [1.165, 1.54) is 0 Å². The monoisotopic (exact) mass is 524 g/mol. The summed E-state index contributed by atoms with van der Waals surface area (Å²) in [5.41, 5.74) is 4.21. The third kappa shape index (κ3) is 4.38. The molecular weight excluding hydrogens is 500 g/mol. The first-order valence-corrected chi connectivity index (χ1v) is 11.8. The van der Waals surface area contributed by atoms with E-state index in [-0.39, 0.29) is 5.91 Å². The molecule has 0 radical (unpaired) electrons. The number of halogens is 1. The topological polar surface area (TPSA) is 91.8 Å². The van der Waals surface area contributed by atoms with Crippen LogP contribution in [0.15, 0.2) is 47.1 Å². The van der Waals surface area contributed by atoms with Gasteiger partial charge >= 0.3 is 0 Å². The zero-order valence-electron chi connectivity index (χ0n) is 19.0. The number of hydrogen-bond donors (Lipinski definition) is 2.